The van der Waals surface area contributed by atoms with E-state index >= 15 is 0 Å². The van der Waals surface area contributed by atoms with Crippen molar-refractivity contribution in [1.82, 2.24) is 10.2 Å². The van der Waals surface area contributed by atoms with Crippen molar-refractivity contribution in [3.63, 3.8) is 0 Å². The van der Waals surface area contributed by atoms with Crippen LogP contribution in [-0.2, 0) is 4.79 Å². The Hall–Kier alpha value is -1.55. The van der Waals surface area contributed by atoms with Gasteiger partial charge in [-0.05, 0) is 57.7 Å². The third kappa shape index (κ3) is 4.06. The molecule has 1 aromatic carbocycles. The molecule has 1 saturated carbocycles. The Balaban J connectivity index is 1.59. The molecule has 0 unspecified atom stereocenters. The molecular formula is C22H35N3O. The number of anilines is 1. The smallest absolute Gasteiger partial charge is 0.240 e. The second-order valence-corrected chi connectivity index (χ2v) is 8.56. The first-order valence-corrected chi connectivity index (χ1v) is 10.3. The average Bonchev–Trinajstić information content (AvgIpc) is 2.65. The molecule has 1 saturated heterocycles. The number of hydrogen-bond acceptors (Lipinski definition) is 3. The second kappa shape index (κ2) is 7.99. The van der Waals surface area contributed by atoms with E-state index in [0.29, 0.717) is 6.04 Å². The van der Waals surface area contributed by atoms with Crippen molar-refractivity contribution >= 4 is 11.6 Å². The topological polar surface area (TPSA) is 35.6 Å². The molecule has 1 amide bonds. The number of carbonyl (C=O) groups excluding carboxylic acids is 1. The van der Waals surface area contributed by atoms with Gasteiger partial charge in [0.1, 0.15) is 0 Å². The number of carbonyl (C=O) groups is 1. The van der Waals surface area contributed by atoms with Gasteiger partial charge in [0.2, 0.25) is 5.91 Å². The predicted molar refractivity (Wildman–Crippen MR) is 109 cm³/mol. The van der Waals surface area contributed by atoms with E-state index in [9.17, 15) is 4.79 Å². The van der Waals surface area contributed by atoms with Gasteiger partial charge in [-0.15, -0.1) is 0 Å². The maximum Gasteiger partial charge on any atom is 0.240 e. The van der Waals surface area contributed by atoms with Crippen molar-refractivity contribution in [2.45, 2.75) is 71.4 Å². The molecule has 1 aliphatic heterocycles. The summed E-state index contributed by atoms with van der Waals surface area (Å²) < 4.78 is 0. The Morgan fingerprint density at radius 3 is 2.35 bits per heavy atom. The molecule has 0 aromatic heterocycles. The van der Waals surface area contributed by atoms with Gasteiger partial charge in [0.15, 0.2) is 0 Å². The van der Waals surface area contributed by atoms with E-state index in [1.807, 2.05) is 0 Å². The van der Waals surface area contributed by atoms with Gasteiger partial charge in [-0.1, -0.05) is 31.4 Å². The molecule has 1 aromatic rings. The molecule has 2 fully saturated rings. The molecule has 1 heterocycles. The van der Waals surface area contributed by atoms with Gasteiger partial charge >= 0.3 is 0 Å². The van der Waals surface area contributed by atoms with E-state index in [-0.39, 0.29) is 5.91 Å². The van der Waals surface area contributed by atoms with Gasteiger partial charge in [0.25, 0.3) is 0 Å². The van der Waals surface area contributed by atoms with Crippen molar-refractivity contribution < 1.29 is 4.79 Å². The van der Waals surface area contributed by atoms with Crippen molar-refractivity contribution in [3.05, 3.63) is 29.3 Å². The lowest BCUT2D eigenvalue weighted by Crippen LogP contribution is -2.61. The predicted octanol–water partition coefficient (Wildman–Crippen LogP) is 3.65. The van der Waals surface area contributed by atoms with Crippen molar-refractivity contribution in [3.8, 4) is 0 Å². The molecule has 2 aliphatic rings. The highest BCUT2D eigenvalue weighted by atomic mass is 16.2. The summed E-state index contributed by atoms with van der Waals surface area (Å²) >= 11 is 0. The largest absolute Gasteiger partial charge is 0.369 e. The zero-order valence-electron chi connectivity index (χ0n) is 17.0. The quantitative estimate of drug-likeness (QED) is 0.893. The van der Waals surface area contributed by atoms with E-state index in [2.05, 4.69) is 61.0 Å². The molecule has 1 aliphatic carbocycles. The van der Waals surface area contributed by atoms with Gasteiger partial charge in [0.05, 0.1) is 5.54 Å². The molecular weight excluding hydrogens is 322 g/mol. The van der Waals surface area contributed by atoms with Crippen LogP contribution in [0.1, 0.15) is 57.1 Å². The van der Waals surface area contributed by atoms with Gasteiger partial charge in [-0.3, -0.25) is 9.69 Å². The van der Waals surface area contributed by atoms with Crippen molar-refractivity contribution in [1.29, 1.82) is 0 Å². The first-order chi connectivity index (χ1) is 12.4. The minimum atomic E-state index is -0.439. The molecule has 4 nitrogen and oxygen atoms in total. The van der Waals surface area contributed by atoms with Crippen LogP contribution in [0.25, 0.3) is 0 Å². The van der Waals surface area contributed by atoms with Crippen LogP contribution in [-0.4, -0.2) is 48.6 Å². The van der Waals surface area contributed by atoms with Crippen LogP contribution in [0.5, 0.6) is 0 Å². The average molecular weight is 358 g/mol. The lowest BCUT2D eigenvalue weighted by Gasteiger charge is -2.44. The van der Waals surface area contributed by atoms with Crippen molar-refractivity contribution in [2.75, 3.05) is 31.1 Å². The zero-order valence-corrected chi connectivity index (χ0v) is 17.0. The first-order valence-electron chi connectivity index (χ1n) is 10.3. The Labute approximate surface area is 158 Å². The van der Waals surface area contributed by atoms with E-state index < -0.39 is 5.54 Å². The highest BCUT2D eigenvalue weighted by Gasteiger charge is 2.37. The van der Waals surface area contributed by atoms with E-state index in [4.69, 9.17) is 0 Å². The number of hydrogen-bond donors (Lipinski definition) is 1. The molecule has 0 radical (unpaired) electrons. The zero-order chi connectivity index (χ0) is 18.7. The Morgan fingerprint density at radius 2 is 1.69 bits per heavy atom. The summed E-state index contributed by atoms with van der Waals surface area (Å²) in [5.74, 6) is 0.199. The van der Waals surface area contributed by atoms with Crippen LogP contribution in [0.3, 0.4) is 0 Å². The maximum atomic E-state index is 12.9. The Bertz CT molecular complexity index is 626. The summed E-state index contributed by atoms with van der Waals surface area (Å²) in [5.41, 5.74) is 3.62. The minimum absolute atomic E-state index is 0.199. The van der Waals surface area contributed by atoms with E-state index in [1.54, 1.807) is 0 Å². The second-order valence-electron chi connectivity index (χ2n) is 8.56. The number of benzene rings is 1. The summed E-state index contributed by atoms with van der Waals surface area (Å²) in [6.45, 7) is 12.4. The van der Waals surface area contributed by atoms with Crippen LogP contribution >= 0.6 is 0 Å². The summed E-state index contributed by atoms with van der Waals surface area (Å²) in [6, 6.07) is 6.92. The molecule has 3 rings (SSSR count). The first kappa shape index (κ1) is 19.2. The van der Waals surface area contributed by atoms with Crippen LogP contribution in [0.4, 0.5) is 5.69 Å². The number of nitrogens with one attached hydrogen (secondary N) is 1. The monoisotopic (exact) mass is 357 g/mol. The summed E-state index contributed by atoms with van der Waals surface area (Å²) in [6.07, 6.45) is 6.10. The third-order valence-electron chi connectivity index (χ3n) is 6.48. The Kier molecular flexibility index (Phi) is 5.91. The summed E-state index contributed by atoms with van der Waals surface area (Å²) in [5, 5.41) is 3.32. The lowest BCUT2D eigenvalue weighted by atomic mass is 9.93. The van der Waals surface area contributed by atoms with Crippen LogP contribution in [0.15, 0.2) is 18.2 Å². The standard InChI is InChI=1S/C22H35N3O/c1-17-9-8-12-20(18(17)2)24-13-15-25(16-14-24)22(3,4)21(26)23-19-10-6-5-7-11-19/h8-9,12,19H,5-7,10-11,13-16H2,1-4H3,(H,23,26). The van der Waals surface area contributed by atoms with Crippen molar-refractivity contribution in [2.24, 2.45) is 0 Å². The SMILES string of the molecule is Cc1cccc(N2CCN(C(C)(C)C(=O)NC3CCCCC3)CC2)c1C. The molecule has 0 atom stereocenters. The van der Waals surface area contributed by atoms with Gasteiger partial charge in [-0.25, -0.2) is 0 Å². The number of amides is 1. The normalized spacial score (nSPS) is 20.2. The van der Waals surface area contributed by atoms with Crippen LogP contribution < -0.4 is 10.2 Å². The number of piperazine rings is 1. The maximum absolute atomic E-state index is 12.9. The Morgan fingerprint density at radius 1 is 1.04 bits per heavy atom. The highest BCUT2D eigenvalue weighted by Crippen LogP contribution is 2.26. The number of nitrogens with zero attached hydrogens (tertiary/aromatic N) is 2. The molecule has 4 heteroatoms. The molecule has 144 valence electrons. The molecule has 0 spiro atoms. The van der Waals surface area contributed by atoms with Gasteiger partial charge in [0, 0.05) is 37.9 Å². The highest BCUT2D eigenvalue weighted by molar-refractivity contribution is 5.85. The van der Waals surface area contributed by atoms with Gasteiger partial charge < -0.3 is 10.2 Å². The third-order valence-corrected chi connectivity index (χ3v) is 6.48. The van der Waals surface area contributed by atoms with E-state index in [1.165, 1.54) is 36.1 Å². The van der Waals surface area contributed by atoms with E-state index in [0.717, 1.165) is 39.0 Å². The molecule has 0 bridgehead atoms. The van der Waals surface area contributed by atoms with Crippen LogP contribution in [0, 0.1) is 13.8 Å². The fourth-order valence-electron chi connectivity index (χ4n) is 4.34. The lowest BCUT2D eigenvalue weighted by molar-refractivity contribution is -0.133. The number of rotatable bonds is 4. The molecule has 1 N–H and O–H groups in total. The van der Waals surface area contributed by atoms with Crippen LogP contribution in [0.2, 0.25) is 0 Å². The molecule has 26 heavy (non-hydrogen) atoms. The summed E-state index contributed by atoms with van der Waals surface area (Å²) in [7, 11) is 0. The minimum Gasteiger partial charge on any atom is -0.369 e. The number of aryl methyl sites for hydroxylation is 1. The summed E-state index contributed by atoms with van der Waals surface area (Å²) in [4.78, 5) is 17.7. The fourth-order valence-corrected chi connectivity index (χ4v) is 4.34. The fraction of sp³-hybridized carbons (Fsp3) is 0.682. The van der Waals surface area contributed by atoms with Gasteiger partial charge in [-0.2, -0.15) is 0 Å².